The quantitative estimate of drug-likeness (QED) is 0.893. The summed E-state index contributed by atoms with van der Waals surface area (Å²) in [5.74, 6) is -0.585. The van der Waals surface area contributed by atoms with Gasteiger partial charge in [0, 0.05) is 24.8 Å². The van der Waals surface area contributed by atoms with Crippen molar-refractivity contribution in [3.63, 3.8) is 0 Å². The Bertz CT molecular complexity index is 586. The van der Waals surface area contributed by atoms with Crippen LogP contribution in [-0.4, -0.2) is 41.2 Å². The molecule has 1 unspecified atom stereocenters. The lowest BCUT2D eigenvalue weighted by molar-refractivity contribution is -0.143. The Balaban J connectivity index is 2.03. The number of carbonyl (C=O) groups is 2. The van der Waals surface area contributed by atoms with E-state index in [1.54, 1.807) is 11.0 Å². The number of aliphatic carboxylic acids is 1. The van der Waals surface area contributed by atoms with Gasteiger partial charge in [0.05, 0.1) is 12.0 Å². The number of carboxylic acid groups (broad SMARTS) is 1. The molecule has 0 aromatic heterocycles. The average molecular weight is 320 g/mol. The predicted molar refractivity (Wildman–Crippen MR) is 87.9 cm³/mol. The summed E-state index contributed by atoms with van der Waals surface area (Å²) in [7, 11) is 0. The third-order valence-electron chi connectivity index (χ3n) is 3.86. The summed E-state index contributed by atoms with van der Waals surface area (Å²) >= 11 is 0. The van der Waals surface area contributed by atoms with E-state index >= 15 is 0 Å². The normalized spacial score (nSPS) is 17.9. The summed E-state index contributed by atoms with van der Waals surface area (Å²) in [6.45, 7) is 6.68. The number of urea groups is 1. The number of aryl methyl sites for hydroxylation is 1. The van der Waals surface area contributed by atoms with Gasteiger partial charge in [-0.1, -0.05) is 6.07 Å². The Morgan fingerprint density at radius 2 is 2.13 bits per heavy atom. The van der Waals surface area contributed by atoms with Gasteiger partial charge < -0.3 is 20.1 Å². The van der Waals surface area contributed by atoms with Crippen LogP contribution in [0.1, 0.15) is 32.3 Å². The smallest absolute Gasteiger partial charge is 0.321 e. The third kappa shape index (κ3) is 4.61. The molecule has 1 fully saturated rings. The van der Waals surface area contributed by atoms with Gasteiger partial charge >= 0.3 is 12.0 Å². The monoisotopic (exact) mass is 320 g/mol. The van der Waals surface area contributed by atoms with E-state index < -0.39 is 11.9 Å². The third-order valence-corrected chi connectivity index (χ3v) is 3.86. The van der Waals surface area contributed by atoms with Gasteiger partial charge in [-0.05, 0) is 45.2 Å². The number of anilines is 1. The zero-order valence-electron chi connectivity index (χ0n) is 13.8. The van der Waals surface area contributed by atoms with Crippen molar-refractivity contribution in [2.45, 2.75) is 39.7 Å². The minimum absolute atomic E-state index is 0.0538. The van der Waals surface area contributed by atoms with E-state index in [1.165, 1.54) is 0 Å². The molecule has 126 valence electrons. The minimum atomic E-state index is -0.842. The van der Waals surface area contributed by atoms with E-state index in [9.17, 15) is 9.59 Å². The maximum atomic E-state index is 12.3. The van der Waals surface area contributed by atoms with Gasteiger partial charge in [0.2, 0.25) is 0 Å². The first kappa shape index (κ1) is 17.1. The molecule has 1 aromatic carbocycles. The molecule has 0 spiro atoms. The Hall–Kier alpha value is -2.24. The first-order valence-corrected chi connectivity index (χ1v) is 7.93. The summed E-state index contributed by atoms with van der Waals surface area (Å²) in [6.07, 6.45) is 1.38. The van der Waals surface area contributed by atoms with Gasteiger partial charge in [-0.2, -0.15) is 0 Å². The average Bonchev–Trinajstić information content (AvgIpc) is 2.50. The predicted octanol–water partition coefficient (Wildman–Crippen LogP) is 3.11. The van der Waals surface area contributed by atoms with Gasteiger partial charge in [-0.3, -0.25) is 4.79 Å². The van der Waals surface area contributed by atoms with Crippen LogP contribution in [0.3, 0.4) is 0 Å². The van der Waals surface area contributed by atoms with E-state index in [1.807, 2.05) is 32.9 Å². The van der Waals surface area contributed by atoms with Crippen molar-refractivity contribution < 1.29 is 19.4 Å². The number of carboxylic acids is 1. The maximum Gasteiger partial charge on any atom is 0.321 e. The van der Waals surface area contributed by atoms with Crippen LogP contribution in [0.25, 0.3) is 0 Å². The number of likely N-dealkylation sites (tertiary alicyclic amines) is 1. The van der Waals surface area contributed by atoms with E-state index in [2.05, 4.69) is 5.32 Å². The molecule has 23 heavy (non-hydrogen) atoms. The fourth-order valence-corrected chi connectivity index (χ4v) is 2.62. The molecule has 0 bridgehead atoms. The number of carbonyl (C=O) groups excluding carboxylic acids is 1. The lowest BCUT2D eigenvalue weighted by atomic mass is 9.99. The summed E-state index contributed by atoms with van der Waals surface area (Å²) < 4.78 is 5.72. The molecule has 1 saturated heterocycles. The van der Waals surface area contributed by atoms with Crippen LogP contribution in [0.5, 0.6) is 5.75 Å². The fourth-order valence-electron chi connectivity index (χ4n) is 2.62. The number of nitrogens with zero attached hydrogens (tertiary/aromatic N) is 1. The fraction of sp³-hybridized carbons (Fsp3) is 0.529. The summed E-state index contributed by atoms with van der Waals surface area (Å²) in [4.78, 5) is 25.0. The van der Waals surface area contributed by atoms with Crippen molar-refractivity contribution in [2.24, 2.45) is 5.92 Å². The molecule has 1 aliphatic rings. The van der Waals surface area contributed by atoms with E-state index in [0.717, 1.165) is 11.3 Å². The Labute approximate surface area is 136 Å². The Kier molecular flexibility index (Phi) is 5.47. The molecule has 1 aromatic rings. The number of amides is 2. The molecular formula is C17H24N2O4. The highest BCUT2D eigenvalue weighted by Crippen LogP contribution is 2.24. The van der Waals surface area contributed by atoms with Crippen LogP contribution in [0, 0.1) is 12.8 Å². The van der Waals surface area contributed by atoms with Crippen molar-refractivity contribution in [1.82, 2.24) is 4.90 Å². The molecule has 6 heteroatoms. The largest absolute Gasteiger partial charge is 0.491 e. The number of rotatable bonds is 4. The highest BCUT2D eigenvalue weighted by molar-refractivity contribution is 5.90. The van der Waals surface area contributed by atoms with Gasteiger partial charge in [0.25, 0.3) is 0 Å². The van der Waals surface area contributed by atoms with Crippen LogP contribution >= 0.6 is 0 Å². The second-order valence-electron chi connectivity index (χ2n) is 6.20. The summed E-state index contributed by atoms with van der Waals surface area (Å²) in [5, 5.41) is 11.9. The van der Waals surface area contributed by atoms with E-state index in [0.29, 0.717) is 25.1 Å². The second-order valence-corrected chi connectivity index (χ2v) is 6.20. The van der Waals surface area contributed by atoms with Gasteiger partial charge in [-0.25, -0.2) is 4.79 Å². The number of hydrogen-bond acceptors (Lipinski definition) is 3. The lowest BCUT2D eigenvalue weighted by Gasteiger charge is -2.30. The number of benzene rings is 1. The summed E-state index contributed by atoms with van der Waals surface area (Å²) in [5.41, 5.74) is 1.65. The van der Waals surface area contributed by atoms with Crippen molar-refractivity contribution in [1.29, 1.82) is 0 Å². The van der Waals surface area contributed by atoms with Crippen LogP contribution in [0.2, 0.25) is 0 Å². The first-order valence-electron chi connectivity index (χ1n) is 7.93. The Morgan fingerprint density at radius 3 is 2.78 bits per heavy atom. The van der Waals surface area contributed by atoms with E-state index in [4.69, 9.17) is 9.84 Å². The summed E-state index contributed by atoms with van der Waals surface area (Å²) in [6, 6.07) is 5.24. The number of ether oxygens (including phenoxy) is 1. The van der Waals surface area contributed by atoms with Crippen LogP contribution in [0.4, 0.5) is 10.5 Å². The van der Waals surface area contributed by atoms with Crippen molar-refractivity contribution in [3.05, 3.63) is 23.8 Å². The van der Waals surface area contributed by atoms with Crippen molar-refractivity contribution in [3.8, 4) is 5.75 Å². The van der Waals surface area contributed by atoms with E-state index in [-0.39, 0.29) is 18.7 Å². The van der Waals surface area contributed by atoms with Gasteiger partial charge in [-0.15, -0.1) is 0 Å². The molecule has 1 aliphatic heterocycles. The minimum Gasteiger partial charge on any atom is -0.491 e. The van der Waals surface area contributed by atoms with Crippen molar-refractivity contribution >= 4 is 17.7 Å². The number of piperidine rings is 1. The van der Waals surface area contributed by atoms with Gasteiger partial charge in [0.15, 0.2) is 0 Å². The second kappa shape index (κ2) is 7.35. The van der Waals surface area contributed by atoms with Crippen LogP contribution in [0.15, 0.2) is 18.2 Å². The zero-order valence-corrected chi connectivity index (χ0v) is 13.8. The highest BCUT2D eigenvalue weighted by Gasteiger charge is 2.28. The first-order chi connectivity index (χ1) is 10.9. The molecule has 0 aliphatic carbocycles. The molecule has 1 atom stereocenters. The molecule has 2 amide bonds. The van der Waals surface area contributed by atoms with Crippen LogP contribution < -0.4 is 10.1 Å². The van der Waals surface area contributed by atoms with Crippen LogP contribution in [-0.2, 0) is 4.79 Å². The topological polar surface area (TPSA) is 78.9 Å². The molecule has 2 N–H and O–H groups in total. The Morgan fingerprint density at radius 1 is 1.39 bits per heavy atom. The molecule has 0 saturated carbocycles. The lowest BCUT2D eigenvalue weighted by Crippen LogP contribution is -2.44. The SMILES string of the molecule is Cc1ccc(NC(=O)N2CCCC(C(=O)O)C2)cc1OC(C)C. The molecule has 2 rings (SSSR count). The number of nitrogens with one attached hydrogen (secondary N) is 1. The molecule has 6 nitrogen and oxygen atoms in total. The van der Waals surface area contributed by atoms with Crippen molar-refractivity contribution in [2.75, 3.05) is 18.4 Å². The molecule has 1 heterocycles. The standard InChI is InChI=1S/C17H24N2O4/c1-11(2)23-15-9-14(7-6-12(15)3)18-17(22)19-8-4-5-13(10-19)16(20)21/h6-7,9,11,13H,4-5,8,10H2,1-3H3,(H,18,22)(H,20,21). The van der Waals surface area contributed by atoms with Gasteiger partial charge in [0.1, 0.15) is 5.75 Å². The molecular weight excluding hydrogens is 296 g/mol. The highest BCUT2D eigenvalue weighted by atomic mass is 16.5. The maximum absolute atomic E-state index is 12.3. The zero-order chi connectivity index (χ0) is 17.0. The number of hydrogen-bond donors (Lipinski definition) is 2. The molecule has 0 radical (unpaired) electrons.